The van der Waals surface area contributed by atoms with Crippen LogP contribution >= 0.6 is 11.3 Å². The fourth-order valence-corrected chi connectivity index (χ4v) is 3.06. The second-order valence-corrected chi connectivity index (χ2v) is 6.41. The standard InChI is InChI=1S/C16H17N5O2S/c1-3-5-13-20-21-16(24-13)17-15(23)12-8-11(18-19-12)10-7-4-6-9(2)14(10)22/h4,6-8,22H,3,5H2,1-2H3,(H,18,19)(H,17,21,23). The molecule has 2 heterocycles. The molecule has 8 heteroatoms. The normalized spacial score (nSPS) is 10.8. The van der Waals surface area contributed by atoms with Crippen LogP contribution in [0.5, 0.6) is 5.75 Å². The summed E-state index contributed by atoms with van der Waals surface area (Å²) in [6.07, 6.45) is 1.82. The Morgan fingerprint density at radius 3 is 3.00 bits per heavy atom. The van der Waals surface area contributed by atoms with Crippen molar-refractivity contribution in [3.05, 3.63) is 40.5 Å². The van der Waals surface area contributed by atoms with Gasteiger partial charge in [-0.1, -0.05) is 30.4 Å². The summed E-state index contributed by atoms with van der Waals surface area (Å²) in [5, 5.41) is 28.9. The molecule has 0 spiro atoms. The van der Waals surface area contributed by atoms with E-state index in [0.29, 0.717) is 16.4 Å². The number of hydrogen-bond donors (Lipinski definition) is 3. The molecule has 3 aromatic rings. The molecule has 24 heavy (non-hydrogen) atoms. The molecule has 0 aliphatic carbocycles. The maximum absolute atomic E-state index is 12.3. The molecule has 1 aromatic carbocycles. The molecule has 0 aliphatic rings. The molecule has 0 bridgehead atoms. The number of benzene rings is 1. The highest BCUT2D eigenvalue weighted by Gasteiger charge is 2.15. The van der Waals surface area contributed by atoms with Crippen LogP contribution in [-0.4, -0.2) is 31.4 Å². The first-order valence-electron chi connectivity index (χ1n) is 7.56. The smallest absolute Gasteiger partial charge is 0.275 e. The molecule has 7 nitrogen and oxygen atoms in total. The number of H-pyrrole nitrogens is 1. The molecule has 0 fully saturated rings. The minimum atomic E-state index is -0.347. The topological polar surface area (TPSA) is 104 Å². The third-order valence-electron chi connectivity index (χ3n) is 3.49. The monoisotopic (exact) mass is 343 g/mol. The fraction of sp³-hybridized carbons (Fsp3) is 0.250. The van der Waals surface area contributed by atoms with Gasteiger partial charge in [-0.3, -0.25) is 15.2 Å². The van der Waals surface area contributed by atoms with Gasteiger partial charge in [-0.05, 0) is 31.0 Å². The lowest BCUT2D eigenvalue weighted by Crippen LogP contribution is -2.12. The van der Waals surface area contributed by atoms with Crippen LogP contribution in [0.15, 0.2) is 24.3 Å². The number of anilines is 1. The van der Waals surface area contributed by atoms with Crippen LogP contribution in [0.3, 0.4) is 0 Å². The van der Waals surface area contributed by atoms with E-state index in [4.69, 9.17) is 0 Å². The summed E-state index contributed by atoms with van der Waals surface area (Å²) in [5.74, 6) is -0.190. The molecule has 2 aromatic heterocycles. The van der Waals surface area contributed by atoms with Gasteiger partial charge >= 0.3 is 0 Å². The summed E-state index contributed by atoms with van der Waals surface area (Å²) in [6.45, 7) is 3.87. The molecule has 0 aliphatic heterocycles. The molecule has 0 radical (unpaired) electrons. The van der Waals surface area contributed by atoms with Crippen LogP contribution in [0, 0.1) is 6.92 Å². The molecular formula is C16H17N5O2S. The number of carbonyl (C=O) groups excluding carboxylic acids is 1. The van der Waals surface area contributed by atoms with Crippen molar-refractivity contribution in [2.24, 2.45) is 0 Å². The lowest BCUT2D eigenvalue weighted by Gasteiger charge is -2.03. The number of carbonyl (C=O) groups is 1. The van der Waals surface area contributed by atoms with Crippen molar-refractivity contribution >= 4 is 22.4 Å². The summed E-state index contributed by atoms with van der Waals surface area (Å²) in [5.41, 5.74) is 2.12. The van der Waals surface area contributed by atoms with Gasteiger partial charge < -0.3 is 5.11 Å². The van der Waals surface area contributed by atoms with Crippen LogP contribution in [-0.2, 0) is 6.42 Å². The Balaban J connectivity index is 1.77. The van der Waals surface area contributed by atoms with E-state index >= 15 is 0 Å². The lowest BCUT2D eigenvalue weighted by atomic mass is 10.1. The Labute approximate surface area is 142 Å². The molecule has 124 valence electrons. The average Bonchev–Trinajstić information content (AvgIpc) is 3.20. The molecule has 1 amide bonds. The van der Waals surface area contributed by atoms with E-state index in [1.807, 2.05) is 19.1 Å². The summed E-state index contributed by atoms with van der Waals surface area (Å²) in [6, 6.07) is 6.98. The number of nitrogens with one attached hydrogen (secondary N) is 2. The van der Waals surface area contributed by atoms with Gasteiger partial charge in [0.05, 0.1) is 5.69 Å². The minimum Gasteiger partial charge on any atom is -0.507 e. The predicted octanol–water partition coefficient (Wildman–Crippen LogP) is 3.15. The van der Waals surface area contributed by atoms with Crippen molar-refractivity contribution in [2.75, 3.05) is 5.32 Å². The van der Waals surface area contributed by atoms with Gasteiger partial charge in [0.1, 0.15) is 16.5 Å². The first-order chi connectivity index (χ1) is 11.6. The zero-order chi connectivity index (χ0) is 17.1. The lowest BCUT2D eigenvalue weighted by molar-refractivity contribution is 0.102. The number of aromatic amines is 1. The zero-order valence-electron chi connectivity index (χ0n) is 13.3. The van der Waals surface area contributed by atoms with E-state index in [1.165, 1.54) is 11.3 Å². The van der Waals surface area contributed by atoms with Crippen molar-refractivity contribution in [3.63, 3.8) is 0 Å². The zero-order valence-corrected chi connectivity index (χ0v) is 14.1. The van der Waals surface area contributed by atoms with Crippen molar-refractivity contribution < 1.29 is 9.90 Å². The van der Waals surface area contributed by atoms with Gasteiger partial charge in [0.2, 0.25) is 5.13 Å². The van der Waals surface area contributed by atoms with E-state index in [-0.39, 0.29) is 17.4 Å². The molecule has 0 saturated carbocycles. The summed E-state index contributed by atoms with van der Waals surface area (Å²) >= 11 is 1.36. The number of nitrogens with zero attached hydrogens (tertiary/aromatic N) is 3. The van der Waals surface area contributed by atoms with Gasteiger partial charge in [-0.25, -0.2) is 0 Å². The van der Waals surface area contributed by atoms with Crippen molar-refractivity contribution in [3.8, 4) is 17.0 Å². The highest BCUT2D eigenvalue weighted by atomic mass is 32.1. The Morgan fingerprint density at radius 1 is 1.38 bits per heavy atom. The highest BCUT2D eigenvalue weighted by Crippen LogP contribution is 2.30. The molecule has 3 N–H and O–H groups in total. The maximum Gasteiger partial charge on any atom is 0.275 e. The second-order valence-electron chi connectivity index (χ2n) is 5.34. The molecule has 0 saturated heterocycles. The Hall–Kier alpha value is -2.74. The van der Waals surface area contributed by atoms with E-state index in [0.717, 1.165) is 23.4 Å². The number of rotatable bonds is 5. The van der Waals surface area contributed by atoms with Gasteiger partial charge in [-0.15, -0.1) is 10.2 Å². The Morgan fingerprint density at radius 2 is 2.21 bits per heavy atom. The Bertz CT molecular complexity index is 871. The van der Waals surface area contributed by atoms with Crippen LogP contribution in [0.4, 0.5) is 5.13 Å². The molecule has 3 rings (SSSR count). The first-order valence-corrected chi connectivity index (χ1v) is 8.38. The van der Waals surface area contributed by atoms with Gasteiger partial charge in [-0.2, -0.15) is 5.10 Å². The number of amides is 1. The van der Waals surface area contributed by atoms with Gasteiger partial charge in [0, 0.05) is 12.0 Å². The number of para-hydroxylation sites is 1. The van der Waals surface area contributed by atoms with Crippen molar-refractivity contribution in [2.45, 2.75) is 26.7 Å². The van der Waals surface area contributed by atoms with Gasteiger partial charge in [0.15, 0.2) is 0 Å². The van der Waals surface area contributed by atoms with E-state index < -0.39 is 0 Å². The van der Waals surface area contributed by atoms with E-state index in [2.05, 4.69) is 32.6 Å². The third kappa shape index (κ3) is 3.28. The molecule has 0 atom stereocenters. The number of aryl methyl sites for hydroxylation is 2. The van der Waals surface area contributed by atoms with Crippen molar-refractivity contribution in [1.82, 2.24) is 20.4 Å². The maximum atomic E-state index is 12.3. The number of hydrogen-bond acceptors (Lipinski definition) is 6. The number of aromatic hydroxyl groups is 1. The molecular weight excluding hydrogens is 326 g/mol. The second kappa shape index (κ2) is 6.79. The largest absolute Gasteiger partial charge is 0.507 e. The van der Waals surface area contributed by atoms with Crippen LogP contribution in [0.1, 0.15) is 34.4 Å². The number of phenolic OH excluding ortho intramolecular Hbond substituents is 1. The summed E-state index contributed by atoms with van der Waals surface area (Å²) in [7, 11) is 0. The van der Waals surface area contributed by atoms with Crippen LogP contribution in [0.25, 0.3) is 11.3 Å². The SMILES string of the molecule is CCCc1nnc(NC(=O)c2cc(-c3cccc(C)c3O)n[nH]2)s1. The number of phenols is 1. The predicted molar refractivity (Wildman–Crippen MR) is 92.3 cm³/mol. The molecule has 0 unspecified atom stereocenters. The highest BCUT2D eigenvalue weighted by molar-refractivity contribution is 7.15. The third-order valence-corrected chi connectivity index (χ3v) is 4.39. The van der Waals surface area contributed by atoms with E-state index in [1.54, 1.807) is 12.1 Å². The summed E-state index contributed by atoms with van der Waals surface area (Å²) in [4.78, 5) is 12.3. The van der Waals surface area contributed by atoms with E-state index in [9.17, 15) is 9.90 Å². The Kier molecular flexibility index (Phi) is 4.57. The summed E-state index contributed by atoms with van der Waals surface area (Å²) < 4.78 is 0. The van der Waals surface area contributed by atoms with Crippen molar-refractivity contribution in [1.29, 1.82) is 0 Å². The van der Waals surface area contributed by atoms with Crippen LogP contribution in [0.2, 0.25) is 0 Å². The fourth-order valence-electron chi connectivity index (χ4n) is 2.23. The van der Waals surface area contributed by atoms with Gasteiger partial charge in [0.25, 0.3) is 5.91 Å². The first kappa shape index (κ1) is 16.1. The number of aromatic nitrogens is 4. The average molecular weight is 343 g/mol. The quantitative estimate of drug-likeness (QED) is 0.660. The van der Waals surface area contributed by atoms with Crippen LogP contribution < -0.4 is 5.32 Å². The minimum absolute atomic E-state index is 0.157.